The van der Waals surface area contributed by atoms with Crippen LogP contribution < -0.4 is 51.4 Å². The van der Waals surface area contributed by atoms with Gasteiger partial charge in [0.05, 0.1) is 0 Å². The van der Waals surface area contributed by atoms with E-state index in [0.717, 1.165) is 4.90 Å². The van der Waals surface area contributed by atoms with E-state index in [4.69, 9.17) is 0 Å². The van der Waals surface area contributed by atoms with Crippen molar-refractivity contribution in [1.29, 1.82) is 0 Å². The van der Waals surface area contributed by atoms with Gasteiger partial charge in [-0.2, -0.15) is 0 Å². The molecule has 3 heteroatoms. The largest absolute Gasteiger partial charge is 1.00 e. The van der Waals surface area contributed by atoms with Gasteiger partial charge in [0.2, 0.25) is 0 Å². The third-order valence-corrected chi connectivity index (χ3v) is 0.910. The zero-order valence-electron chi connectivity index (χ0n) is 5.70. The molecule has 0 unspecified atom stereocenters. The van der Waals surface area contributed by atoms with Crippen molar-refractivity contribution in [1.82, 2.24) is 4.98 Å². The Kier molecular flexibility index (Phi) is 5.67. The van der Waals surface area contributed by atoms with E-state index < -0.39 is 0 Å². The van der Waals surface area contributed by atoms with Crippen molar-refractivity contribution < 1.29 is 52.8 Å². The fourth-order valence-corrected chi connectivity index (χ4v) is 0.506. The molecule has 0 aliphatic rings. The molecule has 0 fully saturated rings. The summed E-state index contributed by atoms with van der Waals surface area (Å²) in [5, 5.41) is 0. The molecule has 1 aromatic heterocycles. The summed E-state index contributed by atoms with van der Waals surface area (Å²) in [6.07, 6.45) is 3.42. The van der Waals surface area contributed by atoms with Gasteiger partial charge in [0.1, 0.15) is 0 Å². The number of rotatable bonds is 0. The monoisotopic (exact) mass is 151 g/mol. The second-order valence-electron chi connectivity index (χ2n) is 1.21. The van der Waals surface area contributed by atoms with Gasteiger partial charge in [-0.25, -0.2) is 0 Å². The van der Waals surface area contributed by atoms with E-state index in [-0.39, 0.29) is 52.8 Å². The molecule has 0 saturated carbocycles. The van der Waals surface area contributed by atoms with Crippen LogP contribution in [-0.2, 0) is 0 Å². The van der Waals surface area contributed by atoms with Crippen molar-refractivity contribution in [2.45, 2.75) is 4.90 Å². The molecule has 0 aliphatic carbocycles. The average Bonchev–Trinajstić information content (AvgIpc) is 1.69. The Labute approximate surface area is 98.2 Å². The minimum atomic E-state index is 0. The van der Waals surface area contributed by atoms with Crippen molar-refractivity contribution in [3.8, 4) is 0 Å². The summed E-state index contributed by atoms with van der Waals surface area (Å²) in [5.74, 6) is 0. The molecule has 0 bridgehead atoms. The zero-order valence-corrected chi connectivity index (χ0v) is 8.72. The Morgan fingerprint density at radius 2 is 2.38 bits per heavy atom. The Morgan fingerprint density at radius 1 is 1.62 bits per heavy atom. The molecule has 0 atom stereocenters. The van der Waals surface area contributed by atoms with Crippen LogP contribution in [0.25, 0.3) is 0 Å². The van der Waals surface area contributed by atoms with Crippen LogP contribution in [0.5, 0.6) is 0 Å². The van der Waals surface area contributed by atoms with E-state index in [1.165, 1.54) is 0 Å². The molecule has 8 heavy (non-hydrogen) atoms. The number of aromatic nitrogens is 1. The predicted octanol–water partition coefficient (Wildman–Crippen LogP) is -1.51. The first-order valence-electron chi connectivity index (χ1n) is 1.98. The third kappa shape index (κ3) is 3.22. The van der Waals surface area contributed by atoms with Crippen molar-refractivity contribution in [2.75, 3.05) is 0 Å². The SMILES string of the molecule is Sc1cccnc1.[H-].[K+]. The number of nitrogens with zero attached hydrogens (tertiary/aromatic N) is 1. The van der Waals surface area contributed by atoms with Crippen molar-refractivity contribution >= 4 is 12.6 Å². The smallest absolute Gasteiger partial charge is 1.00 e. The van der Waals surface area contributed by atoms with Gasteiger partial charge in [0.25, 0.3) is 0 Å². The van der Waals surface area contributed by atoms with Crippen LogP contribution in [0.4, 0.5) is 0 Å². The quantitative estimate of drug-likeness (QED) is 0.351. The van der Waals surface area contributed by atoms with E-state index in [1.54, 1.807) is 12.4 Å². The zero-order chi connectivity index (χ0) is 5.11. The van der Waals surface area contributed by atoms with E-state index in [1.807, 2.05) is 12.1 Å². The minimum Gasteiger partial charge on any atom is -1.00 e. The van der Waals surface area contributed by atoms with Gasteiger partial charge in [-0.3, -0.25) is 4.98 Å². The fraction of sp³-hybridized carbons (Fsp3) is 0. The van der Waals surface area contributed by atoms with Crippen molar-refractivity contribution in [3.63, 3.8) is 0 Å². The molecular weight excluding hydrogens is 145 g/mol. The Bertz CT molecular complexity index is 147. The van der Waals surface area contributed by atoms with Crippen LogP contribution in [-0.4, -0.2) is 4.98 Å². The van der Waals surface area contributed by atoms with E-state index in [0.29, 0.717) is 0 Å². The summed E-state index contributed by atoms with van der Waals surface area (Å²) in [4.78, 5) is 4.71. The summed E-state index contributed by atoms with van der Waals surface area (Å²) in [6.45, 7) is 0. The molecule has 1 nitrogen and oxygen atoms in total. The second kappa shape index (κ2) is 4.96. The Morgan fingerprint density at radius 3 is 2.62 bits per heavy atom. The molecule has 0 aliphatic heterocycles. The molecule has 0 amide bonds. The molecule has 1 rings (SSSR count). The van der Waals surface area contributed by atoms with Crippen molar-refractivity contribution in [3.05, 3.63) is 24.5 Å². The maximum Gasteiger partial charge on any atom is 1.00 e. The average molecular weight is 151 g/mol. The van der Waals surface area contributed by atoms with Crippen LogP contribution >= 0.6 is 12.6 Å². The topological polar surface area (TPSA) is 12.9 Å². The first-order chi connectivity index (χ1) is 3.39. The van der Waals surface area contributed by atoms with Crippen LogP contribution in [0.3, 0.4) is 0 Å². The summed E-state index contributed by atoms with van der Waals surface area (Å²) >= 11 is 4.02. The third-order valence-electron chi connectivity index (χ3n) is 0.646. The van der Waals surface area contributed by atoms with Crippen LogP contribution in [0.2, 0.25) is 0 Å². The van der Waals surface area contributed by atoms with Gasteiger partial charge < -0.3 is 1.43 Å². The first-order valence-corrected chi connectivity index (χ1v) is 2.43. The van der Waals surface area contributed by atoms with Gasteiger partial charge in [0.15, 0.2) is 0 Å². The number of pyridine rings is 1. The first kappa shape index (κ1) is 9.14. The second-order valence-corrected chi connectivity index (χ2v) is 1.73. The molecule has 1 aromatic rings. The van der Waals surface area contributed by atoms with Gasteiger partial charge in [-0.15, -0.1) is 12.6 Å². The number of hydrogen-bond acceptors (Lipinski definition) is 2. The maximum atomic E-state index is 4.02. The summed E-state index contributed by atoms with van der Waals surface area (Å²) in [5.41, 5.74) is 0. The van der Waals surface area contributed by atoms with Crippen molar-refractivity contribution in [2.24, 2.45) is 0 Å². The Balaban J connectivity index is 0. The normalized spacial score (nSPS) is 7.62. The van der Waals surface area contributed by atoms with E-state index in [9.17, 15) is 0 Å². The summed E-state index contributed by atoms with van der Waals surface area (Å²) in [6, 6.07) is 3.73. The molecule has 0 radical (unpaired) electrons. The maximum absolute atomic E-state index is 4.02. The standard InChI is InChI=1S/C5H5NS.K.H/c7-5-2-1-3-6-4-5;;/h1-4,7H;;/q;+1;-1. The molecule has 0 N–H and O–H groups in total. The fourth-order valence-electron chi connectivity index (χ4n) is 0.354. The summed E-state index contributed by atoms with van der Waals surface area (Å²) < 4.78 is 0. The van der Waals surface area contributed by atoms with E-state index >= 15 is 0 Å². The van der Waals surface area contributed by atoms with Gasteiger partial charge >= 0.3 is 51.4 Å². The molecular formula is C5H6KNS. The van der Waals surface area contributed by atoms with Gasteiger partial charge in [-0.1, -0.05) is 0 Å². The van der Waals surface area contributed by atoms with Gasteiger partial charge in [0, 0.05) is 17.3 Å². The summed E-state index contributed by atoms with van der Waals surface area (Å²) in [7, 11) is 0. The van der Waals surface area contributed by atoms with Gasteiger partial charge in [-0.05, 0) is 12.1 Å². The Hall–Kier alpha value is 1.14. The molecule has 38 valence electrons. The molecule has 0 aromatic carbocycles. The van der Waals surface area contributed by atoms with E-state index in [2.05, 4.69) is 17.6 Å². The molecule has 0 saturated heterocycles. The molecule has 0 spiro atoms. The van der Waals surface area contributed by atoms with Crippen LogP contribution in [0.1, 0.15) is 1.43 Å². The number of thiol groups is 1. The molecule has 1 heterocycles. The minimum absolute atomic E-state index is 0. The van der Waals surface area contributed by atoms with Crippen LogP contribution in [0.15, 0.2) is 29.4 Å². The predicted molar refractivity (Wildman–Crippen MR) is 32.6 cm³/mol. The number of hydrogen-bond donors (Lipinski definition) is 1. The van der Waals surface area contributed by atoms with Crippen LogP contribution in [0, 0.1) is 0 Å².